The van der Waals surface area contributed by atoms with Crippen LogP contribution in [-0.4, -0.2) is 43.4 Å². The highest BCUT2D eigenvalue weighted by atomic mass is 35.5. The third-order valence-corrected chi connectivity index (χ3v) is 3.98. The number of aliphatic hydroxyl groups is 1. The second kappa shape index (κ2) is 7.70. The number of rotatable bonds is 6. The van der Waals surface area contributed by atoms with Gasteiger partial charge in [-0.2, -0.15) is 0 Å². The van der Waals surface area contributed by atoms with Crippen LogP contribution in [0.3, 0.4) is 0 Å². The van der Waals surface area contributed by atoms with Gasteiger partial charge >= 0.3 is 0 Å². The molecule has 0 aliphatic carbocycles. The van der Waals surface area contributed by atoms with Gasteiger partial charge in [-0.25, -0.2) is 0 Å². The molecule has 1 amide bonds. The molecule has 1 aromatic carbocycles. The molecule has 122 valence electrons. The second-order valence-electron chi connectivity index (χ2n) is 5.83. The summed E-state index contributed by atoms with van der Waals surface area (Å²) in [5, 5.41) is 13.2. The van der Waals surface area contributed by atoms with Crippen molar-refractivity contribution in [3.05, 3.63) is 23.2 Å². The molecule has 22 heavy (non-hydrogen) atoms. The lowest BCUT2D eigenvalue weighted by Crippen LogP contribution is -2.42. The molecule has 0 aromatic heterocycles. The van der Waals surface area contributed by atoms with E-state index in [9.17, 15) is 9.90 Å². The van der Waals surface area contributed by atoms with Crippen molar-refractivity contribution in [2.24, 2.45) is 5.92 Å². The minimum absolute atomic E-state index is 0.0659. The topological polar surface area (TPSA) is 61.8 Å². The highest BCUT2D eigenvalue weighted by Gasteiger charge is 2.20. The number of carbonyl (C=O) groups excluding carboxylic acids is 1. The summed E-state index contributed by atoms with van der Waals surface area (Å²) in [7, 11) is 0. The van der Waals surface area contributed by atoms with Gasteiger partial charge in [0, 0.05) is 11.6 Å². The molecule has 6 heteroatoms. The number of nitrogens with zero attached hydrogens (tertiary/aromatic N) is 1. The van der Waals surface area contributed by atoms with Crippen LogP contribution in [0.2, 0.25) is 5.02 Å². The van der Waals surface area contributed by atoms with E-state index in [0.29, 0.717) is 31.1 Å². The van der Waals surface area contributed by atoms with E-state index in [2.05, 4.69) is 5.32 Å². The minimum atomic E-state index is -0.386. The normalized spacial score (nSPS) is 15.2. The lowest BCUT2D eigenvalue weighted by molar-refractivity contribution is -0.119. The number of halogens is 1. The van der Waals surface area contributed by atoms with Crippen molar-refractivity contribution in [3.8, 4) is 5.75 Å². The number of benzene rings is 1. The molecule has 1 aliphatic rings. The Bertz CT molecular complexity index is 522. The van der Waals surface area contributed by atoms with Crippen molar-refractivity contribution in [3.63, 3.8) is 0 Å². The summed E-state index contributed by atoms with van der Waals surface area (Å²) >= 11 is 6.02. The van der Waals surface area contributed by atoms with Crippen LogP contribution in [0.5, 0.6) is 5.75 Å². The lowest BCUT2D eigenvalue weighted by atomic mass is 10.0. The number of hydrogen-bond acceptors (Lipinski definition) is 4. The molecule has 1 unspecified atom stereocenters. The fraction of sp³-hybridized carbons (Fsp3) is 0.562. The number of fused-ring (bicyclic) bond motifs is 1. The van der Waals surface area contributed by atoms with Crippen molar-refractivity contribution in [2.45, 2.75) is 26.4 Å². The van der Waals surface area contributed by atoms with E-state index in [1.54, 1.807) is 6.07 Å². The van der Waals surface area contributed by atoms with Crippen LogP contribution in [0.25, 0.3) is 0 Å². The zero-order valence-corrected chi connectivity index (χ0v) is 13.8. The third-order valence-electron chi connectivity index (χ3n) is 3.75. The number of aliphatic hydroxyl groups excluding tert-OH is 1. The van der Waals surface area contributed by atoms with Gasteiger partial charge in [0.05, 0.1) is 24.9 Å². The molecule has 1 aromatic rings. The first-order valence-corrected chi connectivity index (χ1v) is 7.97. The zero-order valence-electron chi connectivity index (χ0n) is 13.0. The Kier molecular flexibility index (Phi) is 5.91. The van der Waals surface area contributed by atoms with Crippen molar-refractivity contribution in [1.82, 2.24) is 5.32 Å². The van der Waals surface area contributed by atoms with Gasteiger partial charge in [-0.15, -0.1) is 0 Å². The molecule has 1 atom stereocenters. The van der Waals surface area contributed by atoms with Gasteiger partial charge in [0.15, 0.2) is 0 Å². The average molecular weight is 327 g/mol. The summed E-state index contributed by atoms with van der Waals surface area (Å²) < 4.78 is 5.56. The summed E-state index contributed by atoms with van der Waals surface area (Å²) in [4.78, 5) is 14.0. The van der Waals surface area contributed by atoms with Crippen LogP contribution in [0.4, 0.5) is 5.69 Å². The first-order chi connectivity index (χ1) is 10.5. The molecular weight excluding hydrogens is 304 g/mol. The molecular formula is C16H23ClN2O3. The molecule has 0 spiro atoms. The van der Waals surface area contributed by atoms with Crippen molar-refractivity contribution >= 4 is 23.2 Å². The Morgan fingerprint density at radius 1 is 1.50 bits per heavy atom. The Balaban J connectivity index is 1.87. The molecule has 0 saturated carbocycles. The first kappa shape index (κ1) is 16.9. The maximum atomic E-state index is 12.0. The van der Waals surface area contributed by atoms with Crippen molar-refractivity contribution in [2.75, 3.05) is 31.1 Å². The third kappa shape index (κ3) is 4.52. The Morgan fingerprint density at radius 3 is 3.00 bits per heavy atom. The Hall–Kier alpha value is -1.46. The highest BCUT2D eigenvalue weighted by Crippen LogP contribution is 2.33. The zero-order chi connectivity index (χ0) is 16.1. The van der Waals surface area contributed by atoms with Crippen LogP contribution in [-0.2, 0) is 4.79 Å². The minimum Gasteiger partial charge on any atom is -0.490 e. The van der Waals surface area contributed by atoms with E-state index in [1.807, 2.05) is 30.9 Å². The molecule has 2 N–H and O–H groups in total. The van der Waals surface area contributed by atoms with Gasteiger partial charge in [-0.05, 0) is 30.5 Å². The van der Waals surface area contributed by atoms with E-state index < -0.39 is 0 Å². The van der Waals surface area contributed by atoms with E-state index >= 15 is 0 Å². The van der Waals surface area contributed by atoms with Gasteiger partial charge in [-0.3, -0.25) is 4.79 Å². The number of carbonyl (C=O) groups is 1. The van der Waals surface area contributed by atoms with Gasteiger partial charge in [0.25, 0.3) is 0 Å². The lowest BCUT2D eigenvalue weighted by Gasteiger charge is -2.30. The molecule has 1 heterocycles. The molecule has 0 radical (unpaired) electrons. The molecule has 5 nitrogen and oxygen atoms in total. The van der Waals surface area contributed by atoms with Crippen LogP contribution in [0.15, 0.2) is 18.2 Å². The summed E-state index contributed by atoms with van der Waals surface area (Å²) in [6, 6.07) is 5.41. The number of ether oxygens (including phenoxy) is 1. The van der Waals surface area contributed by atoms with Crippen LogP contribution in [0, 0.1) is 5.92 Å². The van der Waals surface area contributed by atoms with Gasteiger partial charge < -0.3 is 20.1 Å². The standard InChI is InChI=1S/C16H23ClN2O3/c1-11(2)14(20)5-6-18-16(21)10-19-7-8-22-15-4-3-12(17)9-13(15)19/h3-4,9,11,14,20H,5-8,10H2,1-2H3,(H,18,21). The largest absolute Gasteiger partial charge is 0.490 e. The van der Waals surface area contributed by atoms with E-state index in [1.165, 1.54) is 0 Å². The summed E-state index contributed by atoms with van der Waals surface area (Å²) in [5.41, 5.74) is 0.844. The molecule has 1 aliphatic heterocycles. The number of hydrogen-bond donors (Lipinski definition) is 2. The van der Waals surface area contributed by atoms with E-state index in [-0.39, 0.29) is 24.5 Å². The molecule has 0 fully saturated rings. The van der Waals surface area contributed by atoms with Crippen LogP contribution in [0.1, 0.15) is 20.3 Å². The Labute approximate surface area is 136 Å². The predicted molar refractivity (Wildman–Crippen MR) is 87.6 cm³/mol. The smallest absolute Gasteiger partial charge is 0.239 e. The molecule has 0 bridgehead atoms. The number of anilines is 1. The molecule has 0 saturated heterocycles. The number of nitrogens with one attached hydrogen (secondary N) is 1. The van der Waals surface area contributed by atoms with Gasteiger partial charge in [-0.1, -0.05) is 25.4 Å². The van der Waals surface area contributed by atoms with E-state index in [4.69, 9.17) is 16.3 Å². The predicted octanol–water partition coefficient (Wildman–Crippen LogP) is 2.06. The van der Waals surface area contributed by atoms with Crippen molar-refractivity contribution < 1.29 is 14.6 Å². The summed E-state index contributed by atoms with van der Waals surface area (Å²) in [6.07, 6.45) is 0.179. The second-order valence-corrected chi connectivity index (χ2v) is 6.27. The highest BCUT2D eigenvalue weighted by molar-refractivity contribution is 6.31. The maximum Gasteiger partial charge on any atom is 0.239 e. The summed E-state index contributed by atoms with van der Waals surface area (Å²) in [6.45, 7) is 5.85. The van der Waals surface area contributed by atoms with Crippen LogP contribution >= 0.6 is 11.6 Å². The van der Waals surface area contributed by atoms with Crippen molar-refractivity contribution in [1.29, 1.82) is 0 Å². The molecule has 2 rings (SSSR count). The van der Waals surface area contributed by atoms with Gasteiger partial charge in [0.1, 0.15) is 12.4 Å². The SMILES string of the molecule is CC(C)C(O)CCNC(=O)CN1CCOc2ccc(Cl)cc21. The summed E-state index contributed by atoms with van der Waals surface area (Å²) in [5.74, 6) is 0.882. The van der Waals surface area contributed by atoms with Gasteiger partial charge in [0.2, 0.25) is 5.91 Å². The maximum absolute atomic E-state index is 12.0. The van der Waals surface area contributed by atoms with Crippen LogP contribution < -0.4 is 15.0 Å². The quantitative estimate of drug-likeness (QED) is 0.840. The monoisotopic (exact) mass is 326 g/mol. The van der Waals surface area contributed by atoms with E-state index in [0.717, 1.165) is 11.4 Å². The average Bonchev–Trinajstić information content (AvgIpc) is 2.47. The fourth-order valence-corrected chi connectivity index (χ4v) is 2.50. The fourth-order valence-electron chi connectivity index (χ4n) is 2.33. The number of amides is 1. The first-order valence-electron chi connectivity index (χ1n) is 7.59. The Morgan fingerprint density at radius 2 is 2.27 bits per heavy atom.